The number of alkyl halides is 3. The number of hydrogen-bond acceptors (Lipinski definition) is 7. The third-order valence-electron chi connectivity index (χ3n) is 14.5. The van der Waals surface area contributed by atoms with E-state index in [4.69, 9.17) is 29.9 Å². The van der Waals surface area contributed by atoms with E-state index in [1.165, 1.54) is 12.1 Å². The molecule has 80 heavy (non-hydrogen) atoms. The SMILES string of the molecule is N#Cc1cc(-n2c3ccccc3c3ccc(-c4nc(-c5ccccc5)nc(-c5ccccc5)n4)cc32)c(-c2ccccc2C(F)(F)F)cc1-n1c2ccccc2c2ccc(-c3nc(-c4ccccc4)nc(-c4ccccc4)n3)cc21. The van der Waals surface area contributed by atoms with Crippen LogP contribution in [-0.4, -0.2) is 39.0 Å². The van der Waals surface area contributed by atoms with Crippen LogP contribution in [0, 0.1) is 11.3 Å². The molecule has 0 saturated carbocycles. The van der Waals surface area contributed by atoms with E-state index in [9.17, 15) is 5.26 Å². The summed E-state index contributed by atoms with van der Waals surface area (Å²) in [4.78, 5) is 29.9. The van der Waals surface area contributed by atoms with Crippen LogP contribution in [-0.2, 0) is 6.18 Å². The van der Waals surface area contributed by atoms with Gasteiger partial charge in [0.15, 0.2) is 34.9 Å². The third-order valence-corrected chi connectivity index (χ3v) is 14.5. The highest BCUT2D eigenvalue weighted by atomic mass is 19.4. The molecule has 0 N–H and O–H groups in total. The fraction of sp³-hybridized carbons (Fsp3) is 0.0147. The predicted octanol–water partition coefficient (Wildman–Crippen LogP) is 16.8. The van der Waals surface area contributed by atoms with Gasteiger partial charge in [0.2, 0.25) is 0 Å². The molecule has 0 spiro atoms. The topological polar surface area (TPSA) is 111 Å². The zero-order valence-corrected chi connectivity index (χ0v) is 42.3. The van der Waals surface area contributed by atoms with Crippen LogP contribution in [0.4, 0.5) is 13.2 Å². The van der Waals surface area contributed by atoms with Crippen LogP contribution in [0.15, 0.2) is 243 Å². The van der Waals surface area contributed by atoms with Crippen LogP contribution < -0.4 is 0 Å². The maximum absolute atomic E-state index is 15.6. The van der Waals surface area contributed by atoms with Gasteiger partial charge in [0.05, 0.1) is 44.6 Å². The first-order valence-electron chi connectivity index (χ1n) is 25.8. The van der Waals surface area contributed by atoms with Crippen LogP contribution in [0.2, 0.25) is 0 Å². The molecule has 0 aliphatic carbocycles. The van der Waals surface area contributed by atoms with Gasteiger partial charge in [-0.3, -0.25) is 0 Å². The summed E-state index contributed by atoms with van der Waals surface area (Å²) in [5.41, 5.74) is 7.70. The number of para-hydroxylation sites is 2. The summed E-state index contributed by atoms with van der Waals surface area (Å²) in [6.45, 7) is 0. The Bertz CT molecular complexity index is 4650. The highest BCUT2D eigenvalue weighted by Gasteiger charge is 2.35. The van der Waals surface area contributed by atoms with E-state index in [-0.39, 0.29) is 16.7 Å². The van der Waals surface area contributed by atoms with Gasteiger partial charge in [-0.1, -0.05) is 200 Å². The van der Waals surface area contributed by atoms with Gasteiger partial charge in [-0.15, -0.1) is 0 Å². The molecule has 4 heterocycles. The summed E-state index contributed by atoms with van der Waals surface area (Å²) in [6, 6.07) is 77.8. The highest BCUT2D eigenvalue weighted by Crippen LogP contribution is 2.45. The van der Waals surface area contributed by atoms with Crippen LogP contribution >= 0.6 is 0 Å². The molecule has 9 nitrogen and oxygen atoms in total. The fourth-order valence-electron chi connectivity index (χ4n) is 10.8. The van der Waals surface area contributed by atoms with E-state index in [1.54, 1.807) is 18.2 Å². The van der Waals surface area contributed by atoms with Gasteiger partial charge in [-0.25, -0.2) is 29.9 Å². The zero-order valence-electron chi connectivity index (χ0n) is 42.3. The molecule has 0 atom stereocenters. The number of aromatic nitrogens is 8. The predicted molar refractivity (Wildman–Crippen MR) is 310 cm³/mol. The van der Waals surface area contributed by atoms with Gasteiger partial charge in [0.1, 0.15) is 6.07 Å². The maximum atomic E-state index is 15.6. The molecule has 378 valence electrons. The summed E-state index contributed by atoms with van der Waals surface area (Å²) < 4.78 is 50.7. The number of nitriles is 1. The van der Waals surface area contributed by atoms with E-state index in [2.05, 4.69) is 6.07 Å². The van der Waals surface area contributed by atoms with Gasteiger partial charge >= 0.3 is 6.18 Å². The van der Waals surface area contributed by atoms with Gasteiger partial charge in [0, 0.05) is 60.5 Å². The summed E-state index contributed by atoms with van der Waals surface area (Å²) in [7, 11) is 0. The first kappa shape index (κ1) is 47.5. The molecule has 0 fully saturated rings. The number of rotatable bonds is 9. The lowest BCUT2D eigenvalue weighted by molar-refractivity contribution is -0.137. The molecule has 0 aliphatic heterocycles. The van der Waals surface area contributed by atoms with Crippen molar-refractivity contribution in [1.29, 1.82) is 5.26 Å². The largest absolute Gasteiger partial charge is 0.417 e. The van der Waals surface area contributed by atoms with Crippen molar-refractivity contribution in [3.8, 4) is 96.9 Å². The summed E-state index contributed by atoms with van der Waals surface area (Å²) in [6.07, 6.45) is -4.75. The number of fused-ring (bicyclic) bond motifs is 6. The summed E-state index contributed by atoms with van der Waals surface area (Å²) in [5, 5.41) is 14.9. The molecule has 14 aromatic rings. The Hall–Kier alpha value is -10.9. The normalized spacial score (nSPS) is 11.7. The Morgan fingerprint density at radius 3 is 1.07 bits per heavy atom. The number of nitrogens with zero attached hydrogens (tertiary/aromatic N) is 9. The van der Waals surface area contributed by atoms with Gasteiger partial charge in [-0.05, 0) is 48.0 Å². The maximum Gasteiger partial charge on any atom is 0.417 e. The van der Waals surface area contributed by atoms with E-state index in [0.717, 1.165) is 60.9 Å². The Balaban J connectivity index is 1.03. The van der Waals surface area contributed by atoms with Crippen LogP contribution in [0.5, 0.6) is 0 Å². The number of benzene rings is 10. The average molecular weight is 1040 g/mol. The quantitative estimate of drug-likeness (QED) is 0.142. The smallest absolute Gasteiger partial charge is 0.309 e. The number of hydrogen-bond donors (Lipinski definition) is 0. The summed E-state index contributed by atoms with van der Waals surface area (Å²) >= 11 is 0. The molecular weight excluding hydrogens is 1000 g/mol. The third kappa shape index (κ3) is 8.29. The van der Waals surface area contributed by atoms with Gasteiger partial charge in [-0.2, -0.15) is 18.4 Å². The molecule has 14 rings (SSSR count). The minimum atomic E-state index is -4.75. The molecule has 0 amide bonds. The molecule has 0 bridgehead atoms. The second-order valence-corrected chi connectivity index (χ2v) is 19.3. The number of halogens is 3. The van der Waals surface area contributed by atoms with Gasteiger partial charge < -0.3 is 9.13 Å². The zero-order chi connectivity index (χ0) is 53.9. The van der Waals surface area contributed by atoms with Gasteiger partial charge in [0.25, 0.3) is 0 Å². The lowest BCUT2D eigenvalue weighted by Crippen LogP contribution is -2.09. The highest BCUT2D eigenvalue weighted by molar-refractivity contribution is 6.12. The fourth-order valence-corrected chi connectivity index (χ4v) is 10.8. The molecule has 12 heteroatoms. The van der Waals surface area contributed by atoms with E-state index in [1.807, 2.05) is 215 Å². The van der Waals surface area contributed by atoms with Crippen molar-refractivity contribution >= 4 is 43.6 Å². The van der Waals surface area contributed by atoms with E-state index >= 15 is 13.2 Å². The lowest BCUT2D eigenvalue weighted by atomic mass is 9.95. The van der Waals surface area contributed by atoms with Crippen molar-refractivity contribution in [2.24, 2.45) is 0 Å². The molecule has 10 aromatic carbocycles. The molecule has 0 aliphatic rings. The van der Waals surface area contributed by atoms with Crippen molar-refractivity contribution in [3.63, 3.8) is 0 Å². The Kier molecular flexibility index (Phi) is 11.5. The van der Waals surface area contributed by atoms with Crippen molar-refractivity contribution in [2.45, 2.75) is 6.18 Å². The molecule has 4 aromatic heterocycles. The second kappa shape index (κ2) is 19.3. The van der Waals surface area contributed by atoms with Crippen molar-refractivity contribution in [2.75, 3.05) is 0 Å². The first-order chi connectivity index (χ1) is 39.3. The van der Waals surface area contributed by atoms with Crippen LogP contribution in [0.25, 0.3) is 134 Å². The Morgan fingerprint density at radius 1 is 0.312 bits per heavy atom. The van der Waals surface area contributed by atoms with Crippen LogP contribution in [0.3, 0.4) is 0 Å². The second-order valence-electron chi connectivity index (χ2n) is 19.3. The Labute approximate surface area is 455 Å². The minimum absolute atomic E-state index is 0.0613. The minimum Gasteiger partial charge on any atom is -0.309 e. The van der Waals surface area contributed by atoms with Crippen molar-refractivity contribution in [3.05, 3.63) is 254 Å². The monoisotopic (exact) mass is 1040 g/mol. The lowest BCUT2D eigenvalue weighted by Gasteiger charge is -2.21. The Morgan fingerprint density at radius 2 is 0.662 bits per heavy atom. The molecular formula is C68H40F3N9. The molecule has 0 radical (unpaired) electrons. The molecule has 0 unspecified atom stereocenters. The van der Waals surface area contributed by atoms with Crippen molar-refractivity contribution in [1.82, 2.24) is 39.0 Å². The van der Waals surface area contributed by atoms with Crippen LogP contribution in [0.1, 0.15) is 11.1 Å². The van der Waals surface area contributed by atoms with Crippen molar-refractivity contribution < 1.29 is 13.2 Å². The average Bonchev–Trinajstić information content (AvgIpc) is 3.98. The standard InChI is InChI=1S/C68H40F3N9/c69-68(70,71)55-30-16-13-27-49(55)54-40-58(79-56-31-17-14-28-50(56)52-35-33-46(37-59(52)79)66-75-62(42-19-5-1-6-20-42)73-63(76-66)43-21-7-2-8-22-43)48(41-72)39-61(54)80-57-32-18-15-29-51(57)53-36-34-47(38-60(53)80)67-77-64(44-23-9-3-10-24-44)74-65(78-67)45-25-11-4-12-26-45/h1-40H. The summed E-state index contributed by atoms with van der Waals surface area (Å²) in [5.74, 6) is 2.77. The van der Waals surface area contributed by atoms with E-state index in [0.29, 0.717) is 68.5 Å². The first-order valence-corrected chi connectivity index (χ1v) is 25.8. The van der Waals surface area contributed by atoms with E-state index < -0.39 is 11.7 Å². The molecule has 0 saturated heterocycles.